The van der Waals surface area contributed by atoms with Crippen molar-refractivity contribution in [1.82, 2.24) is 26.1 Å². The third-order valence-corrected chi connectivity index (χ3v) is 21.0. The Hall–Kier alpha value is -7.59. The second-order valence-electron chi connectivity index (χ2n) is 29.8. The third-order valence-electron chi connectivity index (χ3n) is 21.0. The number of aliphatic hydroxyl groups excluding tert-OH is 2. The number of epoxide rings is 2. The number of carbonyl (C=O) groups is 5. The number of nitrogens with one attached hydrogen (secondary N) is 2. The lowest BCUT2D eigenvalue weighted by Gasteiger charge is -2.39. The highest BCUT2D eigenvalue weighted by Gasteiger charge is 2.59. The van der Waals surface area contributed by atoms with Gasteiger partial charge < -0.3 is 87.9 Å². The minimum absolute atomic E-state index is 0. The number of allylic oxidation sites excluding steroid dienone is 9. The van der Waals surface area contributed by atoms with Crippen molar-refractivity contribution >= 4 is 39.5 Å². The van der Waals surface area contributed by atoms with E-state index in [1.807, 2.05) is 84.9 Å². The predicted octanol–water partition coefficient (Wildman–Crippen LogP) is 13.0. The lowest BCUT2D eigenvalue weighted by Crippen LogP contribution is -2.50. The molecule has 27 heteroatoms. The summed E-state index contributed by atoms with van der Waals surface area (Å²) >= 11 is 0. The smallest absolute Gasteiger partial charge is 0.327 e. The molecule has 26 nitrogen and oxygen atoms in total. The number of aromatic nitrogens is 3. The summed E-state index contributed by atoms with van der Waals surface area (Å²) in [5.41, 5.74) is 10.5. The number of carboxylic acid groups (broad SMARTS) is 1. The van der Waals surface area contributed by atoms with Crippen molar-refractivity contribution in [1.29, 1.82) is 3.84 Å². The Morgan fingerprint density at radius 2 is 0.946 bits per heavy atom. The monoisotopic (exact) mass is 1590 g/mol. The van der Waals surface area contributed by atoms with Crippen LogP contribution in [0.25, 0.3) is 0 Å². The van der Waals surface area contributed by atoms with E-state index in [4.69, 9.17) is 61.6 Å². The molecule has 7 fully saturated rings. The molecule has 0 aliphatic carbocycles. The molecule has 626 valence electrons. The molecule has 3 aromatic rings. The van der Waals surface area contributed by atoms with Crippen molar-refractivity contribution in [3.05, 3.63) is 176 Å². The fourth-order valence-electron chi connectivity index (χ4n) is 13.4. The second-order valence-corrected chi connectivity index (χ2v) is 29.8. The molecule has 2 amide bonds. The Labute approximate surface area is 671 Å². The fraction of sp³-hybridized carbons (Fsp3) is 0.600. The maximum Gasteiger partial charge on any atom is 0.327 e. The van der Waals surface area contributed by atoms with Gasteiger partial charge in [-0.25, -0.2) is 4.79 Å². The maximum absolute atomic E-state index is 12.5. The molecule has 23 atom stereocenters. The molecule has 7 aliphatic rings. The predicted molar refractivity (Wildman–Crippen MR) is 435 cm³/mol. The Morgan fingerprint density at radius 1 is 0.589 bits per heavy atom. The molecule has 0 bridgehead atoms. The Bertz CT molecular complexity index is 3630. The van der Waals surface area contributed by atoms with Crippen LogP contribution >= 0.6 is 9.73 Å². The van der Waals surface area contributed by atoms with Gasteiger partial charge in [0.25, 0.3) is 0 Å². The van der Waals surface area contributed by atoms with Crippen LogP contribution in [-0.4, -0.2) is 194 Å². The first kappa shape index (κ1) is 93.3. The minimum atomic E-state index is -1.87. The number of amides is 2. The van der Waals surface area contributed by atoms with Crippen LogP contribution in [0, 0.1) is 17.8 Å². The van der Waals surface area contributed by atoms with Crippen molar-refractivity contribution in [2.24, 2.45) is 23.5 Å². The van der Waals surface area contributed by atoms with E-state index in [0.29, 0.717) is 44.0 Å². The van der Waals surface area contributed by atoms with Gasteiger partial charge in [-0.1, -0.05) is 169 Å². The van der Waals surface area contributed by atoms with Crippen LogP contribution in [0.5, 0.6) is 0 Å². The zero-order valence-corrected chi connectivity index (χ0v) is 67.3. The van der Waals surface area contributed by atoms with Crippen molar-refractivity contribution in [2.45, 2.75) is 282 Å². The number of methoxy groups -OCH3 is 2. The summed E-state index contributed by atoms with van der Waals surface area (Å²) in [5.74, 6) is -0.712. The molecule has 7 N–H and O–H groups in total. The van der Waals surface area contributed by atoms with Crippen LogP contribution in [-0.2, 0) is 66.6 Å². The average molecular weight is 1590 g/mol. The fourth-order valence-corrected chi connectivity index (χ4v) is 13.4. The number of aliphatic hydroxyl groups is 2. The molecule has 7 aliphatic heterocycles. The molecule has 10 rings (SSSR count). The Balaban J connectivity index is 0.000000393. The number of nitrogens with two attached hydrogens (primary N) is 1. The van der Waals surface area contributed by atoms with Crippen LogP contribution < -0.4 is 16.4 Å². The van der Waals surface area contributed by atoms with Gasteiger partial charge in [-0.15, -0.1) is 6.58 Å². The number of nitrogens with zero attached hydrogens (tertiary/aromatic N) is 3. The lowest BCUT2D eigenvalue weighted by molar-refractivity contribution is -0.158. The highest BCUT2D eigenvalue weighted by Crippen LogP contribution is 2.45. The van der Waals surface area contributed by atoms with E-state index in [0.717, 1.165) is 72.8 Å². The molecule has 7 saturated heterocycles. The maximum atomic E-state index is 12.5. The summed E-state index contributed by atoms with van der Waals surface area (Å²) in [5, 5.41) is 46.7. The van der Waals surface area contributed by atoms with Gasteiger partial charge in [0.2, 0.25) is 11.8 Å². The Kier molecular flexibility index (Phi) is 40.5. The van der Waals surface area contributed by atoms with Gasteiger partial charge in [0.15, 0.2) is 0 Å². The molecular weight excluding hydrogens is 1460 g/mol. The molecule has 112 heavy (non-hydrogen) atoms. The van der Waals surface area contributed by atoms with Gasteiger partial charge in [-0.3, -0.25) is 19.2 Å². The number of hydrogen-bond donors (Lipinski definition) is 6. The van der Waals surface area contributed by atoms with E-state index in [2.05, 4.69) is 108 Å². The highest BCUT2D eigenvalue weighted by atomic mass is 31.0. The van der Waals surface area contributed by atoms with Gasteiger partial charge in [-0.05, 0) is 110 Å². The first-order chi connectivity index (χ1) is 53.6. The summed E-state index contributed by atoms with van der Waals surface area (Å²) in [4.78, 5) is 57.8. The first-order valence-electron chi connectivity index (χ1n) is 39.2. The largest absolute Gasteiger partial charge is 0.478 e. The number of hydrogen-bond acceptors (Lipinski definition) is 23. The first-order valence-corrected chi connectivity index (χ1v) is 37.8. The number of rotatable bonds is 26. The van der Waals surface area contributed by atoms with Crippen molar-refractivity contribution in [3.63, 3.8) is 0 Å². The topological polar surface area (TPSA) is 364 Å². The molecular formula is C85H131N6O20P. The summed E-state index contributed by atoms with van der Waals surface area (Å²) in [6, 6.07) is 5.43. The van der Waals surface area contributed by atoms with Crippen molar-refractivity contribution in [3.8, 4) is 0 Å². The van der Waals surface area contributed by atoms with Crippen LogP contribution in [0.3, 0.4) is 0 Å². The van der Waals surface area contributed by atoms with E-state index < -0.39 is 51.3 Å². The van der Waals surface area contributed by atoms with Crippen LogP contribution in [0.1, 0.15) is 197 Å². The molecule has 10 heterocycles. The third kappa shape index (κ3) is 31.7. The van der Waals surface area contributed by atoms with Crippen LogP contribution in [0.15, 0.2) is 172 Å². The van der Waals surface area contributed by atoms with Crippen LogP contribution in [0.4, 0.5) is 0 Å². The average Bonchev–Trinajstić information content (AvgIpc) is 1.60. The van der Waals surface area contributed by atoms with E-state index >= 15 is 0 Å². The summed E-state index contributed by atoms with van der Waals surface area (Å²) in [6.45, 7) is 36.6. The molecule has 0 saturated carbocycles. The summed E-state index contributed by atoms with van der Waals surface area (Å²) in [7, 11) is 0.823. The number of ether oxygens (including phenoxy) is 9. The van der Waals surface area contributed by atoms with Crippen molar-refractivity contribution < 1.29 is 95.5 Å². The second kappa shape index (κ2) is 48.6. The van der Waals surface area contributed by atoms with Gasteiger partial charge in [0.05, 0.1) is 122 Å². The van der Waals surface area contributed by atoms with E-state index in [1.165, 1.54) is 44.7 Å². The number of esters is 2. The van der Waals surface area contributed by atoms with Crippen molar-refractivity contribution in [2.75, 3.05) is 27.4 Å². The molecule has 2 spiro atoms. The molecule has 0 aromatic carbocycles. The minimum Gasteiger partial charge on any atom is -0.478 e. The zero-order chi connectivity index (χ0) is 83.7. The molecule has 3 aromatic heterocycles. The van der Waals surface area contributed by atoms with Gasteiger partial charge in [0.1, 0.15) is 54.4 Å². The summed E-state index contributed by atoms with van der Waals surface area (Å²) < 4.78 is 82.4. The van der Waals surface area contributed by atoms with Crippen LogP contribution in [0.2, 0.25) is 0 Å². The summed E-state index contributed by atoms with van der Waals surface area (Å²) in [6.07, 6.45) is 33.4. The van der Waals surface area contributed by atoms with E-state index in [9.17, 15) is 34.2 Å². The molecule has 0 radical (unpaired) electrons. The zero-order valence-electron chi connectivity index (χ0n) is 69.4. The lowest BCUT2D eigenvalue weighted by atomic mass is 9.87. The van der Waals surface area contributed by atoms with Gasteiger partial charge in [0, 0.05) is 60.9 Å². The van der Waals surface area contributed by atoms with E-state index in [1.54, 1.807) is 36.4 Å². The standard InChI is InChI=1S/C30H42N2O8.C21H30N2O3.C13H23NO.C11H16O5.C8H9NO3.2CH4.H3P/c1-18(7-10-26-29(35)30(17-37-30)16-22(40-26)15-28(34)36-5)6-9-25-20(3)14-24(21(4)39-25)31-27(33)11-8-19(2)23-12-13-38-32-23;1-6-14(2)7-9-20-16(4)13-19(17(5)26-20)22-21(24)10-8-15(3)18-11-12-25-23-18;1-5-9(2)6-7-13-10(3)8-12(14)11(4)15-13;1-3-8-10(13)11(6-15-11)5-7(16-8)4-9(12)14-2;1-6(2-3-8(10)11)7-4-5-12-9-7;;;/h6-8,10-13,19-22,24-26,29,35H,9,14-17H2,1-5H3,(H,31,33);6-8,10-12,15-17,19-20H,1,9,13H2,2-5H3,(H,22,24);5-6,10-13H,1,7-8,14H2,2-4H3;3,7-8,10,13H,1,4-6H2,2H3;2-6H,1H3,(H,10,11);2*1H4;1H3/b10-7+,11-8-,18-6+;10-8-,14-7+;9-6+;;3-2-;;;/t19?,20-,21+,22+,24+,25-,26+,29+,30+;15?,16-,17+,19+,20-;10-,11+,12+,13-;7-,8-,10-,11-;;;;/m0001..../s1/i;;;;;;;1T3. The number of carboxylic acids is 1. The van der Waals surface area contributed by atoms with Gasteiger partial charge >= 0.3 is 17.9 Å². The SMILES string of the molecule is C.C.C=C/C(C)=C/C[C@@H]1O[C@H](C)[C@H](N)C[C@@H]1C.C=C/C(C)=C/C[C@@H]1O[C@H](C)[C@H](NC(=O)/C=C\C(C)c2ccon2)C[C@@H]1C.C=C[C@H]1O[C@H](CC(=O)OC)C[C@@]2(CO2)[C@@H]1O.CC(/C=C\C(=O)O)c1ccon1.COC(=O)C[C@@H]1C[C@@]2(CO2)[C@H](O)[C@@H](/C=C/C(C)=C/C[C@@H]2O[C@H](C)[C@H](NC(=O)/C=C\C(C)c3ccon3)C[C@@H]2C)O1.[3H]P([3H])[3H]. The quantitative estimate of drug-likeness (QED) is 0.0109. The number of carbonyl (C=O) groups excluding carboxylic acids is 4. The highest BCUT2D eigenvalue weighted by molar-refractivity contribution is 6.92. The van der Waals surface area contributed by atoms with Gasteiger partial charge in [-0.2, -0.15) is 9.73 Å². The number of aliphatic carboxylic acids is 1. The normalized spacial score (nSPS) is 31.9. The Morgan fingerprint density at radius 3 is 1.29 bits per heavy atom. The van der Waals surface area contributed by atoms with E-state index in [-0.39, 0.29) is 136 Å². The molecule has 3 unspecified atom stereocenters.